The van der Waals surface area contributed by atoms with Crippen LogP contribution in [0.15, 0.2) is 217 Å². The van der Waals surface area contributed by atoms with Crippen LogP contribution in [-0.2, 0) is 0 Å². The number of nitrogens with zero attached hydrogens (tertiary/aromatic N) is 3. The quantitative estimate of drug-likeness (QED) is 0.171. The highest BCUT2D eigenvalue weighted by atomic mass is 16.3. The molecule has 0 atom stereocenters. The molecule has 1 aromatic heterocycles. The molecule has 0 fully saturated rings. The van der Waals surface area contributed by atoms with E-state index in [2.05, 4.69) is 215 Å². The van der Waals surface area contributed by atoms with E-state index >= 15 is 0 Å². The zero-order chi connectivity index (χ0) is 37.0. The average Bonchev–Trinajstić information content (AvgIpc) is 3.66. The lowest BCUT2D eigenvalue weighted by atomic mass is 9.98. The summed E-state index contributed by atoms with van der Waals surface area (Å²) in [5, 5.41) is 4.64. The van der Waals surface area contributed by atoms with Crippen molar-refractivity contribution >= 4 is 83.9 Å². The molecule has 2 heterocycles. The van der Waals surface area contributed by atoms with Gasteiger partial charge in [-0.2, -0.15) is 0 Å². The number of hydrogen-bond donors (Lipinski definition) is 0. The second-order valence-electron chi connectivity index (χ2n) is 14.2. The zero-order valence-corrected chi connectivity index (χ0v) is 30.5. The molecule has 1 aliphatic heterocycles. The van der Waals surface area contributed by atoms with Crippen LogP contribution in [0.25, 0.3) is 43.8 Å². The Kier molecular flexibility index (Phi) is 7.46. The lowest BCUT2D eigenvalue weighted by molar-refractivity contribution is 0.669. The molecule has 0 aliphatic carbocycles. The summed E-state index contributed by atoms with van der Waals surface area (Å²) in [4.78, 5) is 7.11. The molecule has 11 rings (SSSR count). The first-order valence-electron chi connectivity index (χ1n) is 19.0. The third-order valence-corrected chi connectivity index (χ3v) is 10.9. The molecule has 0 radical (unpaired) electrons. The summed E-state index contributed by atoms with van der Waals surface area (Å²) in [5.74, 6) is 0. The van der Waals surface area contributed by atoms with Gasteiger partial charge >= 0.3 is 0 Å². The molecule has 1 aliphatic rings. The minimum Gasteiger partial charge on any atom is -0.454 e. The predicted molar refractivity (Wildman–Crippen MR) is 234 cm³/mol. The summed E-state index contributed by atoms with van der Waals surface area (Å²) in [7, 11) is 0. The van der Waals surface area contributed by atoms with Crippen molar-refractivity contribution < 1.29 is 4.42 Å². The second kappa shape index (κ2) is 13.1. The molecule has 0 amide bonds. The van der Waals surface area contributed by atoms with Crippen molar-refractivity contribution in [2.24, 2.45) is 0 Å². The third-order valence-electron chi connectivity index (χ3n) is 10.9. The normalized spacial score (nSPS) is 12.2. The summed E-state index contributed by atoms with van der Waals surface area (Å²) in [6, 6.07) is 75.6. The lowest BCUT2D eigenvalue weighted by Crippen LogP contribution is -2.24. The number of hydrogen-bond acceptors (Lipinski definition) is 4. The highest BCUT2D eigenvalue weighted by Gasteiger charge is 2.31. The van der Waals surface area contributed by atoms with Crippen LogP contribution in [0.1, 0.15) is 0 Å². The van der Waals surface area contributed by atoms with Crippen molar-refractivity contribution in [3.8, 4) is 11.1 Å². The van der Waals surface area contributed by atoms with Crippen LogP contribution in [0.4, 0.5) is 51.2 Å². The first-order chi connectivity index (χ1) is 27.8. The topological polar surface area (TPSA) is 22.9 Å². The molecule has 0 spiro atoms. The largest absolute Gasteiger partial charge is 0.454 e. The van der Waals surface area contributed by atoms with Crippen molar-refractivity contribution in [2.75, 3.05) is 14.7 Å². The van der Waals surface area contributed by atoms with E-state index in [9.17, 15) is 0 Å². The number of furan rings is 1. The van der Waals surface area contributed by atoms with E-state index < -0.39 is 0 Å². The van der Waals surface area contributed by atoms with Gasteiger partial charge in [0.05, 0.1) is 34.1 Å². The predicted octanol–water partition coefficient (Wildman–Crippen LogP) is 15.1. The van der Waals surface area contributed by atoms with E-state index in [0.717, 1.165) is 84.3 Å². The Balaban J connectivity index is 1.06. The van der Waals surface area contributed by atoms with Gasteiger partial charge in [0.1, 0.15) is 5.58 Å². The van der Waals surface area contributed by atoms with Crippen LogP contribution in [-0.4, -0.2) is 0 Å². The Bertz CT molecular complexity index is 3040. The lowest BCUT2D eigenvalue weighted by Gasteiger charge is -2.41. The van der Waals surface area contributed by atoms with Gasteiger partial charge in [-0.3, -0.25) is 0 Å². The molecule has 0 unspecified atom stereocenters. The van der Waals surface area contributed by atoms with Crippen LogP contribution in [0.2, 0.25) is 0 Å². The van der Waals surface area contributed by atoms with Gasteiger partial charge in [0.15, 0.2) is 5.58 Å². The molecule has 10 aromatic rings. The Morgan fingerprint density at radius 1 is 0.357 bits per heavy atom. The summed E-state index contributed by atoms with van der Waals surface area (Å²) < 4.78 is 6.54. The van der Waals surface area contributed by atoms with Crippen molar-refractivity contribution in [2.45, 2.75) is 0 Å². The SMILES string of the molecule is c1ccc(N2c3ccccc3N(c3cccc4ccccc34)c3cc(-c4ccc(N(c5ccccc5)c5cccc6c5oc5ccccc56)cc4)ccc32)cc1. The fourth-order valence-corrected chi connectivity index (χ4v) is 8.41. The van der Waals surface area contributed by atoms with Crippen molar-refractivity contribution in [3.63, 3.8) is 0 Å². The second-order valence-corrected chi connectivity index (χ2v) is 14.2. The molecule has 264 valence electrons. The molecule has 0 saturated carbocycles. The van der Waals surface area contributed by atoms with E-state index in [-0.39, 0.29) is 0 Å². The van der Waals surface area contributed by atoms with E-state index in [4.69, 9.17) is 4.42 Å². The van der Waals surface area contributed by atoms with Crippen LogP contribution in [0.5, 0.6) is 0 Å². The average molecular weight is 718 g/mol. The van der Waals surface area contributed by atoms with Gasteiger partial charge in [-0.15, -0.1) is 0 Å². The van der Waals surface area contributed by atoms with Gasteiger partial charge in [0.2, 0.25) is 0 Å². The fraction of sp³-hybridized carbons (Fsp3) is 0. The Hall–Kier alpha value is -7.56. The van der Waals surface area contributed by atoms with Gasteiger partial charge in [-0.1, -0.05) is 133 Å². The highest BCUT2D eigenvalue weighted by Crippen LogP contribution is 2.56. The number of fused-ring (bicyclic) bond motifs is 6. The van der Waals surface area contributed by atoms with Crippen molar-refractivity contribution in [1.82, 2.24) is 0 Å². The smallest absolute Gasteiger partial charge is 0.159 e. The zero-order valence-electron chi connectivity index (χ0n) is 30.5. The van der Waals surface area contributed by atoms with Crippen LogP contribution in [0, 0.1) is 0 Å². The molecule has 4 heteroatoms. The highest BCUT2D eigenvalue weighted by molar-refractivity contribution is 6.11. The molecule has 56 heavy (non-hydrogen) atoms. The maximum Gasteiger partial charge on any atom is 0.159 e. The van der Waals surface area contributed by atoms with Gasteiger partial charge in [-0.05, 0) is 95.4 Å². The first kappa shape index (κ1) is 31.9. The molecule has 0 bridgehead atoms. The summed E-state index contributed by atoms with van der Waals surface area (Å²) in [5.41, 5.74) is 13.9. The number of benzene rings is 9. The molecule has 0 N–H and O–H groups in total. The molecular formula is C52H35N3O. The molecule has 0 saturated heterocycles. The fourth-order valence-electron chi connectivity index (χ4n) is 8.41. The Morgan fingerprint density at radius 3 is 1.75 bits per heavy atom. The molecule has 4 nitrogen and oxygen atoms in total. The van der Waals surface area contributed by atoms with E-state index in [1.54, 1.807) is 0 Å². The van der Waals surface area contributed by atoms with Gasteiger partial charge in [-0.25, -0.2) is 0 Å². The van der Waals surface area contributed by atoms with Crippen LogP contribution >= 0.6 is 0 Å². The van der Waals surface area contributed by atoms with E-state index in [0.29, 0.717) is 0 Å². The number of para-hydroxylation sites is 6. The van der Waals surface area contributed by atoms with E-state index in [1.807, 2.05) is 12.1 Å². The minimum absolute atomic E-state index is 0.869. The minimum atomic E-state index is 0.869. The Morgan fingerprint density at radius 2 is 0.929 bits per heavy atom. The van der Waals surface area contributed by atoms with Gasteiger partial charge in [0, 0.05) is 33.2 Å². The van der Waals surface area contributed by atoms with Gasteiger partial charge in [0.25, 0.3) is 0 Å². The number of anilines is 9. The monoisotopic (exact) mass is 717 g/mol. The van der Waals surface area contributed by atoms with Crippen molar-refractivity contribution in [1.29, 1.82) is 0 Å². The first-order valence-corrected chi connectivity index (χ1v) is 19.0. The van der Waals surface area contributed by atoms with E-state index in [1.165, 1.54) is 10.8 Å². The maximum atomic E-state index is 6.54. The van der Waals surface area contributed by atoms with Crippen molar-refractivity contribution in [3.05, 3.63) is 212 Å². The summed E-state index contributed by atoms with van der Waals surface area (Å²) in [6.45, 7) is 0. The van der Waals surface area contributed by atoms with Crippen LogP contribution in [0.3, 0.4) is 0 Å². The Labute approximate surface area is 325 Å². The summed E-state index contributed by atoms with van der Waals surface area (Å²) in [6.07, 6.45) is 0. The summed E-state index contributed by atoms with van der Waals surface area (Å²) >= 11 is 0. The molecule has 9 aromatic carbocycles. The van der Waals surface area contributed by atoms with Crippen LogP contribution < -0.4 is 14.7 Å². The van der Waals surface area contributed by atoms with Gasteiger partial charge < -0.3 is 19.1 Å². The molecular weight excluding hydrogens is 683 g/mol. The third kappa shape index (κ3) is 5.15. The maximum absolute atomic E-state index is 6.54. The number of rotatable bonds is 6. The standard InChI is InChI=1S/C52H35N3O/c1-3-17-39(18-4-1)53(49-27-14-23-44-43-22-9-12-28-51(43)56-52(44)49)41-32-29-36(30-33-41)38-31-34-48-50(35-38)55(45-26-13-16-37-15-7-8-21-42(37)45)47-25-11-10-24-46(47)54(48)40-19-5-2-6-20-40/h1-35H.